The van der Waals surface area contributed by atoms with Crippen molar-refractivity contribution in [2.24, 2.45) is 0 Å². The Balaban J connectivity index is 1.83. The molecule has 1 atom stereocenters. The Kier molecular flexibility index (Phi) is 6.74. The van der Waals surface area contributed by atoms with E-state index in [9.17, 15) is 13.2 Å². The van der Waals surface area contributed by atoms with Crippen molar-refractivity contribution in [3.8, 4) is 0 Å². The monoisotopic (exact) mass is 446 g/mol. The van der Waals surface area contributed by atoms with Crippen LogP contribution in [0.2, 0.25) is 0 Å². The van der Waals surface area contributed by atoms with Crippen molar-refractivity contribution >= 4 is 33.0 Å². The summed E-state index contributed by atoms with van der Waals surface area (Å²) < 4.78 is 30.6. The Bertz CT molecular complexity index is 1140. The summed E-state index contributed by atoms with van der Waals surface area (Å²) in [6, 6.07) is 10.5. The molecular formula is C21H26N4O3S2. The lowest BCUT2D eigenvalue weighted by Gasteiger charge is -2.19. The van der Waals surface area contributed by atoms with Gasteiger partial charge in [0.25, 0.3) is 0 Å². The number of aromatic nitrogens is 2. The summed E-state index contributed by atoms with van der Waals surface area (Å²) in [5, 5.41) is 9.27. The fourth-order valence-electron chi connectivity index (χ4n) is 3.29. The van der Waals surface area contributed by atoms with Gasteiger partial charge in [0.15, 0.2) is 0 Å². The average Bonchev–Trinajstić information content (AvgIpc) is 3.32. The van der Waals surface area contributed by atoms with Crippen molar-refractivity contribution < 1.29 is 13.2 Å². The zero-order valence-corrected chi connectivity index (χ0v) is 19.1. The molecule has 0 aliphatic carbocycles. The van der Waals surface area contributed by atoms with Gasteiger partial charge in [-0.05, 0) is 62.0 Å². The highest BCUT2D eigenvalue weighted by Crippen LogP contribution is 2.25. The molecule has 30 heavy (non-hydrogen) atoms. The van der Waals surface area contributed by atoms with E-state index in [4.69, 9.17) is 0 Å². The first kappa shape index (κ1) is 22.2. The van der Waals surface area contributed by atoms with E-state index in [1.165, 1.54) is 6.07 Å². The molecule has 0 radical (unpaired) electrons. The second kappa shape index (κ2) is 9.11. The molecule has 7 nitrogen and oxygen atoms in total. The first-order chi connectivity index (χ1) is 14.2. The van der Waals surface area contributed by atoms with Crippen molar-refractivity contribution in [2.45, 2.75) is 45.1 Å². The molecule has 9 heteroatoms. The van der Waals surface area contributed by atoms with E-state index in [2.05, 4.69) is 15.1 Å². The van der Waals surface area contributed by atoms with Gasteiger partial charge in [-0.25, -0.2) is 13.1 Å². The SMILES string of the molecule is CCC(=O)Nc1ccc(S(=O)(=O)NCC(c2cccs2)n2nc(C)cc2C)c(C)c1. The molecule has 1 amide bonds. The van der Waals surface area contributed by atoms with Crippen LogP contribution in [0.1, 0.15) is 41.2 Å². The molecular weight excluding hydrogens is 420 g/mol. The molecule has 2 heterocycles. The molecule has 0 saturated heterocycles. The first-order valence-electron chi connectivity index (χ1n) is 9.67. The summed E-state index contributed by atoms with van der Waals surface area (Å²) in [6.45, 7) is 7.54. The number of anilines is 1. The van der Waals surface area contributed by atoms with Crippen molar-refractivity contribution in [3.63, 3.8) is 0 Å². The van der Waals surface area contributed by atoms with E-state index >= 15 is 0 Å². The maximum absolute atomic E-state index is 13.0. The Labute approximate surface area is 181 Å². The van der Waals surface area contributed by atoms with E-state index in [1.807, 2.05) is 42.1 Å². The molecule has 0 aliphatic rings. The summed E-state index contributed by atoms with van der Waals surface area (Å²) >= 11 is 1.57. The number of nitrogens with one attached hydrogen (secondary N) is 2. The van der Waals surface area contributed by atoms with Gasteiger partial charge in [0.05, 0.1) is 16.6 Å². The molecule has 160 valence electrons. The Morgan fingerprint density at radius 2 is 1.97 bits per heavy atom. The third-order valence-electron chi connectivity index (χ3n) is 4.75. The molecule has 3 rings (SSSR count). The molecule has 2 aromatic heterocycles. The van der Waals surface area contributed by atoms with Crippen molar-refractivity contribution in [3.05, 3.63) is 63.6 Å². The number of rotatable bonds is 8. The van der Waals surface area contributed by atoms with E-state index in [0.29, 0.717) is 17.7 Å². The number of sulfonamides is 1. The maximum Gasteiger partial charge on any atom is 0.240 e. The fourth-order valence-corrected chi connectivity index (χ4v) is 5.37. The van der Waals surface area contributed by atoms with Crippen LogP contribution in [0, 0.1) is 20.8 Å². The number of carbonyl (C=O) groups is 1. The van der Waals surface area contributed by atoms with Crippen LogP contribution in [0.15, 0.2) is 46.7 Å². The van der Waals surface area contributed by atoms with Gasteiger partial charge in [0.2, 0.25) is 15.9 Å². The quantitative estimate of drug-likeness (QED) is 0.551. The van der Waals surface area contributed by atoms with Crippen LogP contribution in [0.5, 0.6) is 0 Å². The van der Waals surface area contributed by atoms with Crippen LogP contribution >= 0.6 is 11.3 Å². The highest BCUT2D eigenvalue weighted by atomic mass is 32.2. The number of amides is 1. The van der Waals surface area contributed by atoms with Crippen LogP contribution in [0.4, 0.5) is 5.69 Å². The zero-order valence-electron chi connectivity index (χ0n) is 17.5. The molecule has 0 aliphatic heterocycles. The van der Waals surface area contributed by atoms with Gasteiger partial charge >= 0.3 is 0 Å². The lowest BCUT2D eigenvalue weighted by Crippen LogP contribution is -2.32. The van der Waals surface area contributed by atoms with Gasteiger partial charge in [-0.1, -0.05) is 13.0 Å². The lowest BCUT2D eigenvalue weighted by atomic mass is 10.2. The summed E-state index contributed by atoms with van der Waals surface area (Å²) in [4.78, 5) is 12.8. The average molecular weight is 447 g/mol. The van der Waals surface area contributed by atoms with Gasteiger partial charge in [-0.15, -0.1) is 11.3 Å². The summed E-state index contributed by atoms with van der Waals surface area (Å²) in [7, 11) is -3.74. The summed E-state index contributed by atoms with van der Waals surface area (Å²) in [6.07, 6.45) is 0.358. The van der Waals surface area contributed by atoms with E-state index in [-0.39, 0.29) is 23.4 Å². The highest BCUT2D eigenvalue weighted by Gasteiger charge is 2.23. The molecule has 1 unspecified atom stereocenters. The van der Waals surface area contributed by atoms with Gasteiger partial charge in [-0.3, -0.25) is 9.48 Å². The topological polar surface area (TPSA) is 93.1 Å². The Morgan fingerprint density at radius 3 is 2.53 bits per heavy atom. The molecule has 0 saturated carbocycles. The predicted octanol–water partition coefficient (Wildman–Crippen LogP) is 3.79. The van der Waals surface area contributed by atoms with Crippen LogP contribution in [-0.2, 0) is 14.8 Å². The van der Waals surface area contributed by atoms with Gasteiger partial charge in [-0.2, -0.15) is 5.10 Å². The normalized spacial score (nSPS) is 12.7. The predicted molar refractivity (Wildman–Crippen MR) is 119 cm³/mol. The van der Waals surface area contributed by atoms with Crippen LogP contribution in [-0.4, -0.2) is 30.7 Å². The third kappa shape index (κ3) is 4.97. The minimum atomic E-state index is -3.74. The molecule has 2 N–H and O–H groups in total. The largest absolute Gasteiger partial charge is 0.326 e. The van der Waals surface area contributed by atoms with Crippen molar-refractivity contribution in [1.82, 2.24) is 14.5 Å². The number of hydrogen-bond acceptors (Lipinski definition) is 5. The van der Waals surface area contributed by atoms with E-state index < -0.39 is 10.0 Å². The van der Waals surface area contributed by atoms with Gasteiger partial charge < -0.3 is 5.32 Å². The maximum atomic E-state index is 13.0. The standard InChI is InChI=1S/C21H26N4O3S2/c1-5-21(26)23-17-8-9-20(14(2)11-17)30(27,28)22-13-18(19-7-6-10-29-19)25-16(4)12-15(3)24-25/h6-12,18,22H,5,13H2,1-4H3,(H,23,26). The lowest BCUT2D eigenvalue weighted by molar-refractivity contribution is -0.115. The molecule has 0 fully saturated rings. The molecule has 3 aromatic rings. The van der Waals surface area contributed by atoms with Crippen LogP contribution in [0.25, 0.3) is 0 Å². The van der Waals surface area contributed by atoms with Gasteiger partial charge in [0.1, 0.15) is 0 Å². The number of aryl methyl sites for hydroxylation is 3. The minimum absolute atomic E-state index is 0.119. The minimum Gasteiger partial charge on any atom is -0.326 e. The number of hydrogen-bond donors (Lipinski definition) is 2. The fraction of sp³-hybridized carbons (Fsp3) is 0.333. The highest BCUT2D eigenvalue weighted by molar-refractivity contribution is 7.89. The van der Waals surface area contributed by atoms with Gasteiger partial charge in [0, 0.05) is 29.2 Å². The van der Waals surface area contributed by atoms with Crippen LogP contribution in [0.3, 0.4) is 0 Å². The number of thiophene rings is 1. The third-order valence-corrected chi connectivity index (χ3v) is 7.30. The van der Waals surface area contributed by atoms with Crippen LogP contribution < -0.4 is 10.0 Å². The number of carbonyl (C=O) groups excluding carboxylic acids is 1. The molecule has 0 spiro atoms. The zero-order chi connectivity index (χ0) is 21.9. The Hall–Kier alpha value is -2.49. The first-order valence-corrected chi connectivity index (χ1v) is 12.0. The second-order valence-electron chi connectivity index (χ2n) is 7.14. The Morgan fingerprint density at radius 1 is 1.20 bits per heavy atom. The number of benzene rings is 1. The van der Waals surface area contributed by atoms with Crippen molar-refractivity contribution in [1.29, 1.82) is 0 Å². The van der Waals surface area contributed by atoms with E-state index in [0.717, 1.165) is 16.3 Å². The van der Waals surface area contributed by atoms with Crippen molar-refractivity contribution in [2.75, 3.05) is 11.9 Å². The second-order valence-corrected chi connectivity index (χ2v) is 9.85. The molecule has 1 aromatic carbocycles. The summed E-state index contributed by atoms with van der Waals surface area (Å²) in [5.41, 5.74) is 3.00. The smallest absolute Gasteiger partial charge is 0.240 e. The molecule has 0 bridgehead atoms. The van der Waals surface area contributed by atoms with E-state index in [1.54, 1.807) is 37.3 Å². The number of nitrogens with zero attached hydrogens (tertiary/aromatic N) is 2. The summed E-state index contributed by atoms with van der Waals surface area (Å²) in [5.74, 6) is -0.119.